The van der Waals surface area contributed by atoms with Crippen molar-refractivity contribution in [2.24, 2.45) is 0 Å². The number of carbonyl (C=O) groups excluding carboxylic acids is 1. The molecule has 0 unspecified atom stereocenters. The first-order valence-electron chi connectivity index (χ1n) is 9.11. The van der Waals surface area contributed by atoms with Gasteiger partial charge in [-0.3, -0.25) is 4.79 Å². The minimum Gasteiger partial charge on any atom is -0.328 e. The van der Waals surface area contributed by atoms with Gasteiger partial charge in [0.2, 0.25) is 11.0 Å². The van der Waals surface area contributed by atoms with Gasteiger partial charge in [-0.05, 0) is 23.8 Å². The average Bonchev–Trinajstić information content (AvgIpc) is 3.22. The van der Waals surface area contributed by atoms with Crippen molar-refractivity contribution in [1.82, 2.24) is 10.2 Å². The van der Waals surface area contributed by atoms with Gasteiger partial charge < -0.3 is 10.6 Å². The van der Waals surface area contributed by atoms with E-state index < -0.39 is 0 Å². The number of hydrogen-bond donors (Lipinski definition) is 2. The van der Waals surface area contributed by atoms with Gasteiger partial charge in [-0.15, -0.1) is 10.2 Å². The fraction of sp³-hybridized carbons (Fsp3) is 0.0455. The number of nitrogens with one attached hydrogen (secondary N) is 2. The molecule has 4 aromatic rings. The van der Waals surface area contributed by atoms with Crippen LogP contribution in [0.5, 0.6) is 0 Å². The number of aromatic nitrogens is 2. The predicted molar refractivity (Wildman–Crippen MR) is 121 cm³/mol. The van der Waals surface area contributed by atoms with Gasteiger partial charge in [-0.2, -0.15) is 0 Å². The largest absolute Gasteiger partial charge is 0.328 e. The van der Waals surface area contributed by atoms with E-state index in [1.165, 1.54) is 29.2 Å². The van der Waals surface area contributed by atoms with E-state index in [9.17, 15) is 9.18 Å². The van der Waals surface area contributed by atoms with E-state index in [0.717, 1.165) is 16.8 Å². The molecule has 3 aromatic carbocycles. The van der Waals surface area contributed by atoms with Crippen LogP contribution in [0.2, 0.25) is 0 Å². The molecule has 0 fully saturated rings. The van der Waals surface area contributed by atoms with Crippen molar-refractivity contribution in [2.75, 3.05) is 16.4 Å². The van der Waals surface area contributed by atoms with Crippen LogP contribution in [-0.2, 0) is 4.79 Å². The lowest BCUT2D eigenvalue weighted by molar-refractivity contribution is -0.113. The van der Waals surface area contributed by atoms with E-state index in [2.05, 4.69) is 20.8 Å². The Balaban J connectivity index is 1.36. The number of amides is 1. The summed E-state index contributed by atoms with van der Waals surface area (Å²) in [6, 6.07) is 23.9. The lowest BCUT2D eigenvalue weighted by atomic mass is 10.0. The van der Waals surface area contributed by atoms with E-state index in [-0.39, 0.29) is 17.5 Å². The summed E-state index contributed by atoms with van der Waals surface area (Å²) in [6.45, 7) is 0. The Morgan fingerprint density at radius 1 is 0.900 bits per heavy atom. The summed E-state index contributed by atoms with van der Waals surface area (Å²) in [4.78, 5) is 12.5. The van der Waals surface area contributed by atoms with Crippen LogP contribution >= 0.6 is 23.1 Å². The van der Waals surface area contributed by atoms with Crippen LogP contribution in [0.4, 0.5) is 20.9 Å². The zero-order chi connectivity index (χ0) is 20.8. The second-order valence-corrected chi connectivity index (χ2v) is 8.43. The van der Waals surface area contributed by atoms with Gasteiger partial charge >= 0.3 is 0 Å². The number of para-hydroxylation sites is 2. The molecule has 2 N–H and O–H groups in total. The van der Waals surface area contributed by atoms with Crippen LogP contribution in [-0.4, -0.2) is 21.9 Å². The predicted octanol–water partition coefficient (Wildman–Crippen LogP) is 5.82. The highest BCUT2D eigenvalue weighted by atomic mass is 32.2. The summed E-state index contributed by atoms with van der Waals surface area (Å²) in [5.41, 5.74) is 3.09. The maximum absolute atomic E-state index is 13.7. The number of rotatable bonds is 7. The van der Waals surface area contributed by atoms with Crippen LogP contribution < -0.4 is 10.6 Å². The molecule has 1 aromatic heterocycles. The van der Waals surface area contributed by atoms with Gasteiger partial charge in [0.1, 0.15) is 5.82 Å². The molecule has 0 saturated heterocycles. The molecule has 0 saturated carbocycles. The number of hydrogen-bond acceptors (Lipinski definition) is 6. The molecule has 4 rings (SSSR count). The molecule has 0 aliphatic heterocycles. The maximum atomic E-state index is 13.7. The Kier molecular flexibility index (Phi) is 6.36. The first kappa shape index (κ1) is 20.1. The van der Waals surface area contributed by atoms with Crippen molar-refractivity contribution in [3.05, 3.63) is 84.7 Å². The third-order valence-corrected chi connectivity index (χ3v) is 6.11. The van der Waals surface area contributed by atoms with Gasteiger partial charge in [-0.25, -0.2) is 4.39 Å². The molecule has 1 amide bonds. The second kappa shape index (κ2) is 9.51. The second-order valence-electron chi connectivity index (χ2n) is 6.23. The molecule has 0 radical (unpaired) electrons. The normalized spacial score (nSPS) is 10.6. The van der Waals surface area contributed by atoms with Crippen molar-refractivity contribution >= 4 is 45.5 Å². The Morgan fingerprint density at radius 3 is 2.40 bits per heavy atom. The minimum atomic E-state index is -0.363. The lowest BCUT2D eigenvalue weighted by Gasteiger charge is -2.10. The fourth-order valence-electron chi connectivity index (χ4n) is 2.77. The zero-order valence-corrected chi connectivity index (χ0v) is 17.3. The Morgan fingerprint density at radius 2 is 1.60 bits per heavy atom. The molecule has 0 bridgehead atoms. The van der Waals surface area contributed by atoms with Crippen LogP contribution in [0.3, 0.4) is 0 Å². The van der Waals surface area contributed by atoms with Crippen LogP contribution in [0, 0.1) is 5.82 Å². The van der Waals surface area contributed by atoms with E-state index in [0.29, 0.717) is 15.2 Å². The topological polar surface area (TPSA) is 66.9 Å². The van der Waals surface area contributed by atoms with Crippen LogP contribution in [0.25, 0.3) is 11.1 Å². The van der Waals surface area contributed by atoms with Gasteiger partial charge in [0, 0.05) is 11.3 Å². The smallest absolute Gasteiger partial charge is 0.234 e. The van der Waals surface area contributed by atoms with Crippen LogP contribution in [0.1, 0.15) is 0 Å². The highest BCUT2D eigenvalue weighted by molar-refractivity contribution is 8.01. The Bertz CT molecular complexity index is 1150. The fourth-order valence-corrected chi connectivity index (χ4v) is 4.34. The summed E-state index contributed by atoms with van der Waals surface area (Å²) < 4.78 is 14.4. The van der Waals surface area contributed by atoms with Gasteiger partial charge in [-0.1, -0.05) is 83.8 Å². The number of carbonyl (C=O) groups is 1. The van der Waals surface area contributed by atoms with Gasteiger partial charge in [0.25, 0.3) is 0 Å². The average molecular weight is 437 g/mol. The number of halogens is 1. The summed E-state index contributed by atoms with van der Waals surface area (Å²) in [6.07, 6.45) is 0. The number of nitrogens with zero attached hydrogens (tertiary/aromatic N) is 2. The summed E-state index contributed by atoms with van der Waals surface area (Å²) in [5, 5.41) is 14.4. The number of thioether (sulfide) groups is 1. The standard InChI is InChI=1S/C22H17FN4OS2/c23-17-11-5-7-13-19(17)25-21-26-27-22(30-21)29-14-20(28)24-18-12-6-4-10-16(18)15-8-2-1-3-9-15/h1-13H,14H2,(H,24,28)(H,25,26). The molecular weight excluding hydrogens is 419 g/mol. The summed E-state index contributed by atoms with van der Waals surface area (Å²) in [7, 11) is 0. The van der Waals surface area contributed by atoms with Gasteiger partial charge in [0.15, 0.2) is 4.34 Å². The van der Waals surface area contributed by atoms with Crippen molar-refractivity contribution in [3.8, 4) is 11.1 Å². The van der Waals surface area contributed by atoms with Crippen molar-refractivity contribution in [1.29, 1.82) is 0 Å². The molecule has 0 spiro atoms. The Hall–Kier alpha value is -3.23. The molecule has 0 aliphatic rings. The molecule has 5 nitrogen and oxygen atoms in total. The van der Waals surface area contributed by atoms with E-state index in [4.69, 9.17) is 0 Å². The van der Waals surface area contributed by atoms with Crippen molar-refractivity contribution in [2.45, 2.75) is 4.34 Å². The molecule has 1 heterocycles. The molecule has 0 atom stereocenters. The first-order valence-corrected chi connectivity index (χ1v) is 10.9. The van der Waals surface area contributed by atoms with E-state index >= 15 is 0 Å². The third kappa shape index (κ3) is 5.03. The maximum Gasteiger partial charge on any atom is 0.234 e. The monoisotopic (exact) mass is 436 g/mol. The Labute approximate surface area is 181 Å². The van der Waals surface area contributed by atoms with Crippen LogP contribution in [0.15, 0.2) is 83.2 Å². The number of anilines is 3. The van der Waals surface area contributed by atoms with Crippen molar-refractivity contribution < 1.29 is 9.18 Å². The quantitative estimate of drug-likeness (QED) is 0.358. The minimum absolute atomic E-state index is 0.137. The molecule has 30 heavy (non-hydrogen) atoms. The molecule has 8 heteroatoms. The highest BCUT2D eigenvalue weighted by Crippen LogP contribution is 2.30. The summed E-state index contributed by atoms with van der Waals surface area (Å²) in [5.74, 6) is -0.308. The lowest BCUT2D eigenvalue weighted by Crippen LogP contribution is -2.14. The molecule has 150 valence electrons. The SMILES string of the molecule is O=C(CSc1nnc(Nc2ccccc2F)s1)Nc1ccccc1-c1ccccc1. The summed E-state index contributed by atoms with van der Waals surface area (Å²) >= 11 is 2.55. The zero-order valence-electron chi connectivity index (χ0n) is 15.7. The van der Waals surface area contributed by atoms with E-state index in [1.54, 1.807) is 18.2 Å². The van der Waals surface area contributed by atoms with E-state index in [1.807, 2.05) is 54.6 Å². The molecule has 0 aliphatic carbocycles. The first-order chi connectivity index (χ1) is 14.7. The highest BCUT2D eigenvalue weighted by Gasteiger charge is 2.12. The third-order valence-electron chi connectivity index (χ3n) is 4.13. The van der Waals surface area contributed by atoms with Crippen molar-refractivity contribution in [3.63, 3.8) is 0 Å². The molecular formula is C22H17FN4OS2. The number of benzene rings is 3. The van der Waals surface area contributed by atoms with Gasteiger partial charge in [0.05, 0.1) is 11.4 Å².